The topological polar surface area (TPSA) is 81.2 Å². The van der Waals surface area contributed by atoms with Crippen LogP contribution in [0.25, 0.3) is 11.3 Å². The minimum absolute atomic E-state index is 0.0561. The zero-order valence-corrected chi connectivity index (χ0v) is 13.8. The second-order valence-electron chi connectivity index (χ2n) is 4.52. The van der Waals surface area contributed by atoms with Gasteiger partial charge in [-0.15, -0.1) is 11.3 Å². The van der Waals surface area contributed by atoms with E-state index >= 15 is 0 Å². The van der Waals surface area contributed by atoms with E-state index in [2.05, 4.69) is 14.7 Å². The van der Waals surface area contributed by atoms with E-state index in [-0.39, 0.29) is 15.9 Å². The first-order valence-electron chi connectivity index (χ1n) is 6.63. The van der Waals surface area contributed by atoms with Gasteiger partial charge in [0, 0.05) is 5.56 Å². The van der Waals surface area contributed by atoms with Crippen molar-refractivity contribution in [2.45, 2.75) is 4.21 Å². The molecule has 0 bridgehead atoms. The molecule has 0 aliphatic heterocycles. The monoisotopic (exact) mass is 347 g/mol. The lowest BCUT2D eigenvalue weighted by atomic mass is 10.2. The summed E-state index contributed by atoms with van der Waals surface area (Å²) in [7, 11) is -2.28. The van der Waals surface area contributed by atoms with Gasteiger partial charge in [-0.25, -0.2) is 18.4 Å². The number of methoxy groups -OCH3 is 1. The average molecular weight is 347 g/mol. The summed E-state index contributed by atoms with van der Waals surface area (Å²) in [5.74, 6) is 0.173. The lowest BCUT2D eigenvalue weighted by Gasteiger charge is -2.10. The lowest BCUT2D eigenvalue weighted by Crippen LogP contribution is -2.14. The predicted molar refractivity (Wildman–Crippen MR) is 89.1 cm³/mol. The zero-order chi connectivity index (χ0) is 16.3. The quantitative estimate of drug-likeness (QED) is 0.767. The third-order valence-corrected chi connectivity index (χ3v) is 5.73. The Bertz CT molecular complexity index is 895. The molecule has 1 N–H and O–H groups in total. The third-order valence-electron chi connectivity index (χ3n) is 2.99. The first-order valence-corrected chi connectivity index (χ1v) is 8.99. The standard InChI is InChI=1S/C15H13N3O3S2/c1-21-15-14(18-23(19,20)13-8-5-9-22-13)16-10-12(17-15)11-6-3-2-4-7-11/h2-10H,1H3,(H,16,18). The first kappa shape index (κ1) is 15.4. The molecule has 8 heteroatoms. The molecule has 0 amide bonds. The third kappa shape index (κ3) is 3.33. The normalized spacial score (nSPS) is 11.2. The van der Waals surface area contributed by atoms with Crippen LogP contribution in [0.5, 0.6) is 5.88 Å². The van der Waals surface area contributed by atoms with Crippen LogP contribution in [0.2, 0.25) is 0 Å². The molecule has 0 aliphatic rings. The van der Waals surface area contributed by atoms with Crippen LogP contribution in [0.1, 0.15) is 0 Å². The number of thiophene rings is 1. The number of benzene rings is 1. The Kier molecular flexibility index (Phi) is 4.26. The van der Waals surface area contributed by atoms with Gasteiger partial charge in [0.05, 0.1) is 19.0 Å². The fourth-order valence-electron chi connectivity index (χ4n) is 1.93. The largest absolute Gasteiger partial charge is 0.478 e. The molecule has 2 aromatic heterocycles. The van der Waals surface area contributed by atoms with Gasteiger partial charge in [-0.2, -0.15) is 0 Å². The molecule has 118 valence electrons. The van der Waals surface area contributed by atoms with Crippen molar-refractivity contribution >= 4 is 27.2 Å². The number of sulfonamides is 1. The van der Waals surface area contributed by atoms with Crippen molar-refractivity contribution in [3.8, 4) is 17.1 Å². The SMILES string of the molecule is COc1nc(-c2ccccc2)cnc1NS(=O)(=O)c1cccs1. The van der Waals surface area contributed by atoms with Gasteiger partial charge in [-0.1, -0.05) is 36.4 Å². The van der Waals surface area contributed by atoms with Crippen molar-refractivity contribution in [3.63, 3.8) is 0 Å². The Morgan fingerprint density at radius 1 is 1.13 bits per heavy atom. The first-order chi connectivity index (χ1) is 11.1. The van der Waals surface area contributed by atoms with Crippen LogP contribution in [-0.4, -0.2) is 25.5 Å². The van der Waals surface area contributed by atoms with E-state index < -0.39 is 10.0 Å². The van der Waals surface area contributed by atoms with Gasteiger partial charge >= 0.3 is 0 Å². The minimum Gasteiger partial charge on any atom is -0.478 e. The van der Waals surface area contributed by atoms with Gasteiger partial charge in [0.25, 0.3) is 15.9 Å². The van der Waals surface area contributed by atoms with Crippen molar-refractivity contribution in [1.29, 1.82) is 0 Å². The van der Waals surface area contributed by atoms with Gasteiger partial charge in [0.1, 0.15) is 4.21 Å². The molecule has 0 saturated carbocycles. The average Bonchev–Trinajstić information content (AvgIpc) is 3.11. The van der Waals surface area contributed by atoms with Crippen LogP contribution in [0.15, 0.2) is 58.3 Å². The van der Waals surface area contributed by atoms with E-state index in [0.717, 1.165) is 16.9 Å². The highest BCUT2D eigenvalue weighted by molar-refractivity contribution is 7.94. The highest BCUT2D eigenvalue weighted by atomic mass is 32.2. The minimum atomic E-state index is -3.69. The van der Waals surface area contributed by atoms with Crippen LogP contribution < -0.4 is 9.46 Å². The second kappa shape index (κ2) is 6.35. The van der Waals surface area contributed by atoms with Gasteiger partial charge in [-0.05, 0) is 11.4 Å². The zero-order valence-electron chi connectivity index (χ0n) is 12.1. The predicted octanol–water partition coefficient (Wildman–Crippen LogP) is 3.01. The highest BCUT2D eigenvalue weighted by Gasteiger charge is 2.19. The Morgan fingerprint density at radius 3 is 2.57 bits per heavy atom. The summed E-state index contributed by atoms with van der Waals surface area (Å²) in [5, 5.41) is 1.69. The number of rotatable bonds is 5. The molecule has 1 aromatic carbocycles. The molecule has 0 spiro atoms. The molecule has 0 unspecified atom stereocenters. The van der Waals surface area contributed by atoms with Crippen LogP contribution in [0.4, 0.5) is 5.82 Å². The van der Waals surface area contributed by atoms with E-state index in [9.17, 15) is 8.42 Å². The maximum absolute atomic E-state index is 12.3. The van der Waals surface area contributed by atoms with Gasteiger partial charge in [0.2, 0.25) is 5.82 Å². The molecule has 3 aromatic rings. The van der Waals surface area contributed by atoms with Crippen LogP contribution in [-0.2, 0) is 10.0 Å². The number of hydrogen-bond donors (Lipinski definition) is 1. The van der Waals surface area contributed by atoms with Crippen molar-refractivity contribution in [3.05, 3.63) is 54.0 Å². The van der Waals surface area contributed by atoms with Crippen LogP contribution in [0.3, 0.4) is 0 Å². The van der Waals surface area contributed by atoms with Gasteiger partial charge < -0.3 is 4.74 Å². The summed E-state index contributed by atoms with van der Waals surface area (Å²) in [6, 6.07) is 12.6. The summed E-state index contributed by atoms with van der Waals surface area (Å²) in [4.78, 5) is 8.47. The molecular formula is C15H13N3O3S2. The number of aromatic nitrogens is 2. The Balaban J connectivity index is 1.95. The molecule has 23 heavy (non-hydrogen) atoms. The fraction of sp³-hybridized carbons (Fsp3) is 0.0667. The van der Waals surface area contributed by atoms with E-state index in [1.807, 2.05) is 30.3 Å². The molecule has 0 saturated heterocycles. The fourth-order valence-corrected chi connectivity index (χ4v) is 3.93. The molecule has 2 heterocycles. The second-order valence-corrected chi connectivity index (χ2v) is 7.37. The van der Waals surface area contributed by atoms with Crippen molar-refractivity contribution < 1.29 is 13.2 Å². The van der Waals surface area contributed by atoms with Gasteiger partial charge in [-0.3, -0.25) is 4.72 Å². The van der Waals surface area contributed by atoms with Crippen LogP contribution in [0, 0.1) is 0 Å². The number of nitrogens with one attached hydrogen (secondary N) is 1. The maximum Gasteiger partial charge on any atom is 0.272 e. The lowest BCUT2D eigenvalue weighted by molar-refractivity contribution is 0.399. The van der Waals surface area contributed by atoms with E-state index in [1.165, 1.54) is 19.4 Å². The maximum atomic E-state index is 12.3. The summed E-state index contributed by atoms with van der Waals surface area (Å²) < 4.78 is 32.3. The molecule has 0 aliphatic carbocycles. The van der Waals surface area contributed by atoms with E-state index in [4.69, 9.17) is 4.74 Å². The Labute approximate surface area is 137 Å². The van der Waals surface area contributed by atoms with E-state index in [0.29, 0.717) is 5.69 Å². The summed E-state index contributed by atoms with van der Waals surface area (Å²) in [6.07, 6.45) is 1.50. The number of ether oxygens (including phenoxy) is 1. The van der Waals surface area contributed by atoms with Crippen molar-refractivity contribution in [1.82, 2.24) is 9.97 Å². The Hall–Kier alpha value is -2.45. The Morgan fingerprint density at radius 2 is 1.91 bits per heavy atom. The summed E-state index contributed by atoms with van der Waals surface area (Å²) >= 11 is 1.12. The van der Waals surface area contributed by atoms with E-state index in [1.54, 1.807) is 11.4 Å². The summed E-state index contributed by atoms with van der Waals surface area (Å²) in [5.41, 5.74) is 1.47. The molecule has 0 radical (unpaired) electrons. The summed E-state index contributed by atoms with van der Waals surface area (Å²) in [6.45, 7) is 0. The number of hydrogen-bond acceptors (Lipinski definition) is 6. The molecule has 0 fully saturated rings. The van der Waals surface area contributed by atoms with Crippen molar-refractivity contribution in [2.24, 2.45) is 0 Å². The molecular weight excluding hydrogens is 334 g/mol. The van der Waals surface area contributed by atoms with Crippen LogP contribution >= 0.6 is 11.3 Å². The molecule has 6 nitrogen and oxygen atoms in total. The van der Waals surface area contributed by atoms with Crippen molar-refractivity contribution in [2.75, 3.05) is 11.8 Å². The smallest absolute Gasteiger partial charge is 0.272 e. The van der Waals surface area contributed by atoms with Gasteiger partial charge in [0.15, 0.2) is 0 Å². The highest BCUT2D eigenvalue weighted by Crippen LogP contribution is 2.27. The number of anilines is 1. The number of nitrogens with zero attached hydrogens (tertiary/aromatic N) is 2. The molecule has 3 rings (SSSR count). The molecule has 0 atom stereocenters.